The van der Waals surface area contributed by atoms with E-state index in [1.165, 1.54) is 6.07 Å². The largest absolute Gasteiger partial charge is 0.504 e. The summed E-state index contributed by atoms with van der Waals surface area (Å²) in [5.74, 6) is 0.102. The highest BCUT2D eigenvalue weighted by Gasteiger charge is 2.13. The molecule has 0 amide bonds. The molecule has 0 radical (unpaired) electrons. The summed E-state index contributed by atoms with van der Waals surface area (Å²) in [5, 5.41) is 18.9. The van der Waals surface area contributed by atoms with Crippen molar-refractivity contribution in [2.75, 3.05) is 6.61 Å². The lowest BCUT2D eigenvalue weighted by atomic mass is 10.1. The Balaban J connectivity index is 3.11. The van der Waals surface area contributed by atoms with E-state index in [0.29, 0.717) is 12.4 Å². The van der Waals surface area contributed by atoms with Crippen LogP contribution in [0.3, 0.4) is 0 Å². The Morgan fingerprint density at radius 3 is 2.50 bits per heavy atom. The monoisotopic (exact) mass is 196 g/mol. The van der Waals surface area contributed by atoms with Gasteiger partial charge in [-0.1, -0.05) is 6.92 Å². The van der Waals surface area contributed by atoms with Crippen LogP contribution in [0.25, 0.3) is 0 Å². The van der Waals surface area contributed by atoms with Crippen molar-refractivity contribution in [2.24, 2.45) is 0 Å². The molecule has 78 valence electrons. The normalized spacial score (nSPS) is 10.2. The number of hydrogen-bond donors (Lipinski definition) is 2. The summed E-state index contributed by atoms with van der Waals surface area (Å²) < 4.78 is 5.37. The van der Waals surface area contributed by atoms with E-state index in [1.807, 2.05) is 20.8 Å². The zero-order chi connectivity index (χ0) is 10.7. The molecule has 0 spiro atoms. The van der Waals surface area contributed by atoms with Crippen LogP contribution in [-0.2, 0) is 0 Å². The van der Waals surface area contributed by atoms with E-state index < -0.39 is 0 Å². The van der Waals surface area contributed by atoms with Crippen LogP contribution in [0, 0.1) is 13.8 Å². The van der Waals surface area contributed by atoms with Gasteiger partial charge >= 0.3 is 0 Å². The van der Waals surface area contributed by atoms with Crippen LogP contribution < -0.4 is 4.74 Å². The molecule has 0 unspecified atom stereocenters. The van der Waals surface area contributed by atoms with E-state index in [0.717, 1.165) is 17.5 Å². The fraction of sp³-hybridized carbons (Fsp3) is 0.455. The van der Waals surface area contributed by atoms with E-state index in [-0.39, 0.29) is 11.5 Å². The zero-order valence-corrected chi connectivity index (χ0v) is 8.79. The number of phenols is 2. The SMILES string of the molecule is CCCOc1c(C)c(C)cc(O)c1O. The van der Waals surface area contributed by atoms with Crippen LogP contribution in [0.2, 0.25) is 0 Å². The third-order valence-electron chi connectivity index (χ3n) is 2.19. The molecule has 2 N–H and O–H groups in total. The van der Waals surface area contributed by atoms with Gasteiger partial charge in [0.15, 0.2) is 11.5 Å². The quantitative estimate of drug-likeness (QED) is 0.730. The van der Waals surface area contributed by atoms with Crippen LogP contribution in [0.4, 0.5) is 0 Å². The molecule has 0 fully saturated rings. The molecule has 14 heavy (non-hydrogen) atoms. The number of aryl methyl sites for hydroxylation is 1. The first-order valence-electron chi connectivity index (χ1n) is 4.72. The summed E-state index contributed by atoms with van der Waals surface area (Å²) in [4.78, 5) is 0. The number of aromatic hydroxyl groups is 2. The average Bonchev–Trinajstić information content (AvgIpc) is 2.15. The first kappa shape index (κ1) is 10.7. The lowest BCUT2D eigenvalue weighted by molar-refractivity contribution is 0.290. The lowest BCUT2D eigenvalue weighted by Crippen LogP contribution is -1.98. The Bertz CT molecular complexity index is 306. The predicted molar refractivity (Wildman–Crippen MR) is 55.0 cm³/mol. The smallest absolute Gasteiger partial charge is 0.200 e. The van der Waals surface area contributed by atoms with E-state index in [4.69, 9.17) is 4.74 Å². The minimum absolute atomic E-state index is 0.126. The van der Waals surface area contributed by atoms with Crippen molar-refractivity contribution in [2.45, 2.75) is 27.2 Å². The van der Waals surface area contributed by atoms with Crippen LogP contribution in [0.5, 0.6) is 17.2 Å². The number of phenolic OH excluding ortho intramolecular Hbond substituents is 2. The summed E-state index contributed by atoms with van der Waals surface area (Å²) in [6, 6.07) is 1.53. The Labute approximate surface area is 84.0 Å². The topological polar surface area (TPSA) is 49.7 Å². The summed E-state index contributed by atoms with van der Waals surface area (Å²) in [6.07, 6.45) is 0.869. The fourth-order valence-corrected chi connectivity index (χ4v) is 1.24. The van der Waals surface area contributed by atoms with E-state index in [9.17, 15) is 10.2 Å². The van der Waals surface area contributed by atoms with Gasteiger partial charge in [0.05, 0.1) is 6.61 Å². The molecule has 0 aliphatic rings. The molecule has 1 aromatic carbocycles. The molecular weight excluding hydrogens is 180 g/mol. The average molecular weight is 196 g/mol. The fourth-order valence-electron chi connectivity index (χ4n) is 1.24. The van der Waals surface area contributed by atoms with Gasteiger partial charge in [0.1, 0.15) is 0 Å². The molecule has 0 bridgehead atoms. The van der Waals surface area contributed by atoms with Gasteiger partial charge in [-0.25, -0.2) is 0 Å². The number of hydrogen-bond acceptors (Lipinski definition) is 3. The van der Waals surface area contributed by atoms with Crippen molar-refractivity contribution >= 4 is 0 Å². The first-order chi connectivity index (χ1) is 6.57. The third-order valence-corrected chi connectivity index (χ3v) is 2.19. The van der Waals surface area contributed by atoms with Crippen molar-refractivity contribution in [3.63, 3.8) is 0 Å². The van der Waals surface area contributed by atoms with Crippen LogP contribution in [0.15, 0.2) is 6.07 Å². The molecule has 0 aromatic heterocycles. The van der Waals surface area contributed by atoms with Gasteiger partial charge in [-0.05, 0) is 37.5 Å². The van der Waals surface area contributed by atoms with E-state index in [1.54, 1.807) is 0 Å². The standard InChI is InChI=1S/C11H16O3/c1-4-5-14-11-8(3)7(2)6-9(12)10(11)13/h6,12-13H,4-5H2,1-3H3. The molecule has 0 saturated carbocycles. The van der Waals surface area contributed by atoms with Crippen molar-refractivity contribution in [3.8, 4) is 17.2 Å². The Morgan fingerprint density at radius 1 is 1.29 bits per heavy atom. The van der Waals surface area contributed by atoms with Crippen LogP contribution in [-0.4, -0.2) is 16.8 Å². The van der Waals surface area contributed by atoms with Crippen LogP contribution >= 0.6 is 0 Å². The maximum Gasteiger partial charge on any atom is 0.200 e. The summed E-state index contributed by atoms with van der Waals surface area (Å²) in [6.45, 7) is 6.26. The minimum atomic E-state index is -0.165. The van der Waals surface area contributed by atoms with Crippen molar-refractivity contribution in [3.05, 3.63) is 17.2 Å². The minimum Gasteiger partial charge on any atom is -0.504 e. The molecule has 0 aliphatic heterocycles. The van der Waals surface area contributed by atoms with Gasteiger partial charge in [0, 0.05) is 0 Å². The number of benzene rings is 1. The predicted octanol–water partition coefficient (Wildman–Crippen LogP) is 2.50. The Hall–Kier alpha value is -1.38. The van der Waals surface area contributed by atoms with Crippen molar-refractivity contribution in [1.29, 1.82) is 0 Å². The maximum absolute atomic E-state index is 9.55. The van der Waals surface area contributed by atoms with Crippen molar-refractivity contribution < 1.29 is 14.9 Å². The summed E-state index contributed by atoms with van der Waals surface area (Å²) in [5.41, 5.74) is 1.78. The molecular formula is C11H16O3. The molecule has 0 aliphatic carbocycles. The maximum atomic E-state index is 9.55. The molecule has 0 atom stereocenters. The van der Waals surface area contributed by atoms with Gasteiger partial charge in [-0.15, -0.1) is 0 Å². The summed E-state index contributed by atoms with van der Waals surface area (Å²) >= 11 is 0. The third kappa shape index (κ3) is 1.92. The van der Waals surface area contributed by atoms with E-state index >= 15 is 0 Å². The van der Waals surface area contributed by atoms with Crippen LogP contribution in [0.1, 0.15) is 24.5 Å². The molecule has 3 heteroatoms. The second-order valence-corrected chi connectivity index (χ2v) is 3.36. The molecule has 1 rings (SSSR count). The summed E-state index contributed by atoms with van der Waals surface area (Å²) in [7, 11) is 0. The molecule has 3 nitrogen and oxygen atoms in total. The first-order valence-corrected chi connectivity index (χ1v) is 4.72. The highest BCUT2D eigenvalue weighted by Crippen LogP contribution is 2.39. The number of ether oxygens (including phenoxy) is 1. The highest BCUT2D eigenvalue weighted by atomic mass is 16.5. The van der Waals surface area contributed by atoms with Gasteiger partial charge in [0.25, 0.3) is 0 Å². The lowest BCUT2D eigenvalue weighted by Gasteiger charge is -2.13. The molecule has 1 aromatic rings. The second kappa shape index (κ2) is 4.22. The molecule has 0 saturated heterocycles. The Kier molecular flexibility index (Phi) is 3.23. The second-order valence-electron chi connectivity index (χ2n) is 3.36. The van der Waals surface area contributed by atoms with E-state index in [2.05, 4.69) is 0 Å². The van der Waals surface area contributed by atoms with Crippen molar-refractivity contribution in [1.82, 2.24) is 0 Å². The number of rotatable bonds is 3. The Morgan fingerprint density at radius 2 is 1.93 bits per heavy atom. The molecule has 0 heterocycles. The van der Waals surface area contributed by atoms with Gasteiger partial charge in [0.2, 0.25) is 5.75 Å². The zero-order valence-electron chi connectivity index (χ0n) is 8.79. The van der Waals surface area contributed by atoms with Gasteiger partial charge in [-0.3, -0.25) is 0 Å². The van der Waals surface area contributed by atoms with Gasteiger partial charge in [-0.2, -0.15) is 0 Å². The van der Waals surface area contributed by atoms with Gasteiger partial charge < -0.3 is 14.9 Å². The highest BCUT2D eigenvalue weighted by molar-refractivity contribution is 5.56.